The van der Waals surface area contributed by atoms with Crippen LogP contribution in [0, 0.1) is 11.7 Å². The van der Waals surface area contributed by atoms with Crippen LogP contribution in [0.5, 0.6) is 0 Å². The van der Waals surface area contributed by atoms with Gasteiger partial charge in [-0.05, 0) is 68.9 Å². The van der Waals surface area contributed by atoms with E-state index in [9.17, 15) is 9.18 Å². The summed E-state index contributed by atoms with van der Waals surface area (Å²) in [6, 6.07) is 6.12. The summed E-state index contributed by atoms with van der Waals surface area (Å²) in [5.74, 6) is 0.0384. The van der Waals surface area contributed by atoms with Gasteiger partial charge < -0.3 is 16.0 Å². The molecule has 0 aliphatic carbocycles. The minimum Gasteiger partial charge on any atom is -0.382 e. The number of allylic oxidation sites excluding steroid dienone is 3. The molecule has 3 N–H and O–H groups in total. The first-order valence-electron chi connectivity index (χ1n) is 12.1. The Morgan fingerprint density at radius 2 is 2.09 bits per heavy atom. The van der Waals surface area contributed by atoms with Crippen molar-refractivity contribution in [1.82, 2.24) is 20.0 Å². The maximum absolute atomic E-state index is 13.4. The molecule has 1 aromatic heterocycles. The molecule has 6 nitrogen and oxygen atoms in total. The number of nitrogens with zero attached hydrogens (tertiary/aromatic N) is 3. The molecule has 2 amide bonds. The molecule has 7 heteroatoms. The maximum atomic E-state index is 13.4. The number of aromatic nitrogens is 2. The number of benzene rings is 1. The lowest BCUT2D eigenvalue weighted by Crippen LogP contribution is -2.48. The highest BCUT2D eigenvalue weighted by Gasteiger charge is 2.29. The number of primary amides is 1. The summed E-state index contributed by atoms with van der Waals surface area (Å²) in [5.41, 5.74) is 10.2. The Labute approximate surface area is 202 Å². The number of carbonyl (C=O) groups is 1. The van der Waals surface area contributed by atoms with Gasteiger partial charge in [0.2, 0.25) is 0 Å². The normalized spacial score (nSPS) is 18.0. The molecule has 1 fully saturated rings. The Morgan fingerprint density at radius 3 is 2.68 bits per heavy atom. The number of hydrogen-bond donors (Lipinski definition) is 2. The Balaban J connectivity index is 1.91. The molecule has 3 rings (SSSR count). The molecule has 0 saturated carbocycles. The van der Waals surface area contributed by atoms with Crippen molar-refractivity contribution in [3.05, 3.63) is 72.0 Å². The molecular formula is C27H36FN5O. The highest BCUT2D eigenvalue weighted by molar-refractivity contribution is 5.82. The summed E-state index contributed by atoms with van der Waals surface area (Å²) in [6.45, 7) is 11.7. The lowest BCUT2D eigenvalue weighted by Gasteiger charge is -2.37. The summed E-state index contributed by atoms with van der Waals surface area (Å²) in [6.07, 6.45) is 11.7. The number of nitrogens with two attached hydrogens (primary N) is 1. The van der Waals surface area contributed by atoms with Gasteiger partial charge in [0, 0.05) is 36.0 Å². The molecule has 1 aliphatic rings. The standard InChI is InChI=1S/C27H36FN5O/c1-5-10-25(31-24(7-3)19-11-9-16-32(18-19)27(29)34)22(6-2)23-17-30-33(26(23)8-4)21-14-12-20(28)13-15-21/h6,8,10,12-15,17,19,24,31H,4-5,7,9,11,16,18H2,1-3H3,(H2,29,34)/b22-6+,25-10+. The molecule has 2 unspecified atom stereocenters. The van der Waals surface area contributed by atoms with Crippen molar-refractivity contribution >= 4 is 17.7 Å². The van der Waals surface area contributed by atoms with Crippen LogP contribution in [0.3, 0.4) is 0 Å². The van der Waals surface area contributed by atoms with Gasteiger partial charge >= 0.3 is 6.03 Å². The van der Waals surface area contributed by atoms with Gasteiger partial charge in [-0.1, -0.05) is 32.6 Å². The summed E-state index contributed by atoms with van der Waals surface area (Å²) < 4.78 is 15.2. The first kappa shape index (κ1) is 25.3. The second kappa shape index (κ2) is 11.7. The van der Waals surface area contributed by atoms with Crippen molar-refractivity contribution in [2.45, 2.75) is 52.5 Å². The van der Waals surface area contributed by atoms with Crippen LogP contribution < -0.4 is 11.1 Å². The van der Waals surface area contributed by atoms with Crippen LogP contribution in [0.15, 0.2) is 54.9 Å². The fourth-order valence-corrected chi connectivity index (χ4v) is 4.75. The van der Waals surface area contributed by atoms with E-state index in [2.05, 4.69) is 43.0 Å². The van der Waals surface area contributed by atoms with E-state index >= 15 is 0 Å². The summed E-state index contributed by atoms with van der Waals surface area (Å²) in [4.78, 5) is 13.5. The van der Waals surface area contributed by atoms with Crippen LogP contribution in [-0.4, -0.2) is 39.8 Å². The number of amides is 2. The minimum atomic E-state index is -0.346. The smallest absolute Gasteiger partial charge is 0.314 e. The number of urea groups is 1. The minimum absolute atomic E-state index is 0.203. The molecule has 1 saturated heterocycles. The maximum Gasteiger partial charge on any atom is 0.314 e. The predicted octanol–water partition coefficient (Wildman–Crippen LogP) is 5.51. The number of hydrogen-bond acceptors (Lipinski definition) is 3. The van der Waals surface area contributed by atoms with E-state index in [-0.39, 0.29) is 17.9 Å². The lowest BCUT2D eigenvalue weighted by molar-refractivity contribution is 0.157. The highest BCUT2D eigenvalue weighted by atomic mass is 19.1. The van der Waals surface area contributed by atoms with Crippen molar-refractivity contribution in [3.63, 3.8) is 0 Å². The Bertz CT molecular complexity index is 1050. The fourth-order valence-electron chi connectivity index (χ4n) is 4.75. The fraction of sp³-hybridized carbons (Fsp3) is 0.407. The van der Waals surface area contributed by atoms with Gasteiger partial charge in [-0.25, -0.2) is 13.9 Å². The third-order valence-electron chi connectivity index (χ3n) is 6.47. The van der Waals surface area contributed by atoms with Gasteiger partial charge in [-0.3, -0.25) is 0 Å². The summed E-state index contributed by atoms with van der Waals surface area (Å²) in [7, 11) is 0. The van der Waals surface area contributed by atoms with E-state index in [1.807, 2.05) is 13.1 Å². The first-order chi connectivity index (χ1) is 16.4. The molecule has 0 bridgehead atoms. The number of carbonyl (C=O) groups excluding carboxylic acids is 1. The number of likely N-dealkylation sites (tertiary alicyclic amines) is 1. The van der Waals surface area contributed by atoms with Gasteiger partial charge in [0.25, 0.3) is 0 Å². The van der Waals surface area contributed by atoms with E-state index in [0.29, 0.717) is 12.5 Å². The molecule has 2 aromatic rings. The third-order valence-corrected chi connectivity index (χ3v) is 6.47. The van der Waals surface area contributed by atoms with Crippen LogP contribution in [0.2, 0.25) is 0 Å². The average Bonchev–Trinajstić information content (AvgIpc) is 3.27. The molecule has 1 aliphatic heterocycles. The zero-order valence-electron chi connectivity index (χ0n) is 20.4. The first-order valence-corrected chi connectivity index (χ1v) is 12.1. The number of rotatable bonds is 9. The Kier molecular flexibility index (Phi) is 8.68. The van der Waals surface area contributed by atoms with Crippen molar-refractivity contribution in [3.8, 4) is 5.69 Å². The quantitative estimate of drug-likeness (QED) is 0.480. The molecule has 34 heavy (non-hydrogen) atoms. The molecular weight excluding hydrogens is 429 g/mol. The third kappa shape index (κ3) is 5.58. The van der Waals surface area contributed by atoms with Gasteiger partial charge in [0.05, 0.1) is 17.6 Å². The monoisotopic (exact) mass is 465 g/mol. The van der Waals surface area contributed by atoms with Crippen LogP contribution in [0.1, 0.15) is 57.7 Å². The molecule has 2 heterocycles. The van der Waals surface area contributed by atoms with Crippen LogP contribution in [-0.2, 0) is 0 Å². The van der Waals surface area contributed by atoms with Crippen LogP contribution in [0.4, 0.5) is 9.18 Å². The molecule has 2 atom stereocenters. The van der Waals surface area contributed by atoms with Gasteiger partial charge in [0.1, 0.15) is 5.82 Å². The van der Waals surface area contributed by atoms with Crippen molar-refractivity contribution in [1.29, 1.82) is 0 Å². The topological polar surface area (TPSA) is 76.2 Å². The average molecular weight is 466 g/mol. The molecule has 0 spiro atoms. The number of nitrogens with one attached hydrogen (secondary N) is 1. The SMILES string of the molecule is C=Cc1c(C(=C\C)/C(=C\CC)NC(CC)C2CCCN(C(N)=O)C2)cnn1-c1ccc(F)cc1. The van der Waals surface area contributed by atoms with Gasteiger partial charge in [-0.15, -0.1) is 0 Å². The zero-order valence-corrected chi connectivity index (χ0v) is 20.4. The van der Waals surface area contributed by atoms with Crippen molar-refractivity contribution in [2.75, 3.05) is 13.1 Å². The molecule has 1 aromatic carbocycles. The van der Waals surface area contributed by atoms with Gasteiger partial charge in [0.15, 0.2) is 0 Å². The second-order valence-corrected chi connectivity index (χ2v) is 8.61. The van der Waals surface area contributed by atoms with E-state index in [4.69, 9.17) is 5.73 Å². The summed E-state index contributed by atoms with van der Waals surface area (Å²) >= 11 is 0. The van der Waals surface area contributed by atoms with E-state index < -0.39 is 0 Å². The second-order valence-electron chi connectivity index (χ2n) is 8.61. The van der Waals surface area contributed by atoms with Gasteiger partial charge in [-0.2, -0.15) is 5.10 Å². The van der Waals surface area contributed by atoms with E-state index in [1.54, 1.807) is 27.8 Å². The van der Waals surface area contributed by atoms with Crippen molar-refractivity contribution < 1.29 is 9.18 Å². The molecule has 0 radical (unpaired) electrons. The zero-order chi connectivity index (χ0) is 24.7. The Hall–Kier alpha value is -3.35. The predicted molar refractivity (Wildman–Crippen MR) is 137 cm³/mol. The van der Waals surface area contributed by atoms with E-state index in [0.717, 1.165) is 60.4 Å². The number of halogens is 1. The largest absolute Gasteiger partial charge is 0.382 e. The Morgan fingerprint density at radius 1 is 1.35 bits per heavy atom. The van der Waals surface area contributed by atoms with E-state index in [1.165, 1.54) is 12.1 Å². The number of piperidine rings is 1. The molecule has 182 valence electrons. The van der Waals surface area contributed by atoms with Crippen LogP contribution >= 0.6 is 0 Å². The summed E-state index contributed by atoms with van der Waals surface area (Å²) in [5, 5.41) is 8.37. The highest BCUT2D eigenvalue weighted by Crippen LogP contribution is 2.30. The van der Waals surface area contributed by atoms with Crippen LogP contribution in [0.25, 0.3) is 17.3 Å². The lowest BCUT2D eigenvalue weighted by atomic mass is 9.88. The van der Waals surface area contributed by atoms with Crippen molar-refractivity contribution in [2.24, 2.45) is 11.7 Å².